The van der Waals surface area contributed by atoms with Crippen LogP contribution in [-0.4, -0.2) is 23.9 Å². The largest absolute Gasteiger partial charge is 0.494 e. The minimum Gasteiger partial charge on any atom is -0.487 e. The fraction of sp³-hybridized carbons (Fsp3) is 0.727. The van der Waals surface area contributed by atoms with E-state index in [-0.39, 0.29) is 33.8 Å². The molecule has 1 aromatic carbocycles. The Morgan fingerprint density at radius 3 is 1.93 bits per heavy atom. The van der Waals surface area contributed by atoms with Crippen LogP contribution in [0.1, 0.15) is 86.6 Å². The van der Waals surface area contributed by atoms with Crippen molar-refractivity contribution in [3.8, 4) is 5.75 Å². The first kappa shape index (κ1) is 24.5. The van der Waals surface area contributed by atoms with Gasteiger partial charge in [0.2, 0.25) is 0 Å². The van der Waals surface area contributed by atoms with E-state index in [0.29, 0.717) is 0 Å². The quantitative estimate of drug-likeness (QED) is 0.498. The Hall–Kier alpha value is -0.565. The Morgan fingerprint density at radius 2 is 1.44 bits per heavy atom. The molecule has 0 N–H and O–H groups in total. The maximum atomic E-state index is 6.39. The molecule has 0 bridgehead atoms. The highest BCUT2D eigenvalue weighted by atomic mass is 31.0. The molecule has 2 aliphatic heterocycles. The molecule has 3 nitrogen and oxygen atoms in total. The Bertz CT molecular complexity index is 594. The van der Waals surface area contributed by atoms with E-state index in [0.717, 1.165) is 43.3 Å². The van der Waals surface area contributed by atoms with Crippen LogP contribution in [0.25, 0.3) is 0 Å². The summed E-state index contributed by atoms with van der Waals surface area (Å²) in [6.45, 7) is 16.8. The van der Waals surface area contributed by atoms with Crippen molar-refractivity contribution in [3.63, 3.8) is 0 Å². The van der Waals surface area contributed by atoms with Crippen LogP contribution in [0.15, 0.2) is 18.2 Å². The lowest BCUT2D eigenvalue weighted by Crippen LogP contribution is -2.41. The maximum absolute atomic E-state index is 6.39. The molecule has 3 rings (SSSR count). The lowest BCUT2D eigenvalue weighted by molar-refractivity contribution is 0.00578. The monoisotopic (exact) mass is 394 g/mol. The molecule has 2 aliphatic rings. The minimum absolute atomic E-state index is 0. The van der Waals surface area contributed by atoms with Crippen LogP contribution in [-0.2, 0) is 15.7 Å². The summed E-state index contributed by atoms with van der Waals surface area (Å²) in [7, 11) is -0.298. The van der Waals surface area contributed by atoms with Gasteiger partial charge in [-0.3, -0.25) is 0 Å². The molecule has 0 radical (unpaired) electrons. The van der Waals surface area contributed by atoms with Crippen LogP contribution >= 0.6 is 9.90 Å². The first-order valence-electron chi connectivity index (χ1n) is 10.4. The average Bonchev–Trinajstić information content (AvgIpc) is 3.03. The summed E-state index contributed by atoms with van der Waals surface area (Å²) in [6.07, 6.45) is 5.52. The molecule has 0 spiro atoms. The van der Waals surface area contributed by atoms with Gasteiger partial charge in [-0.25, -0.2) is 0 Å². The number of fused-ring (bicyclic) bond motifs is 1. The standard InChI is InChI=1S/C20H31BO3.C2H6.H3P/c1-7-11-20(12-8-2)14-15-13-16(9-10-17(15)22-20)21-23-18(3,4)19(5,6)24-21;1-2;/h9-10,13H,7-8,11-12,14H2,1-6H3;1-2H3;1H3. The van der Waals surface area contributed by atoms with Crippen LogP contribution in [0.4, 0.5) is 0 Å². The summed E-state index contributed by atoms with van der Waals surface area (Å²) < 4.78 is 18.8. The number of hydrogen-bond donors (Lipinski definition) is 0. The zero-order valence-electron chi connectivity index (χ0n) is 18.8. The van der Waals surface area contributed by atoms with Gasteiger partial charge in [-0.15, -0.1) is 0 Å². The summed E-state index contributed by atoms with van der Waals surface area (Å²) in [5, 5.41) is 0. The van der Waals surface area contributed by atoms with Crippen molar-refractivity contribution < 1.29 is 14.0 Å². The van der Waals surface area contributed by atoms with Gasteiger partial charge in [0.05, 0.1) is 11.2 Å². The van der Waals surface area contributed by atoms with Gasteiger partial charge in [0.1, 0.15) is 11.4 Å². The van der Waals surface area contributed by atoms with Crippen LogP contribution in [0.3, 0.4) is 0 Å². The van der Waals surface area contributed by atoms with Gasteiger partial charge < -0.3 is 14.0 Å². The van der Waals surface area contributed by atoms with Crippen molar-refractivity contribution in [2.75, 3.05) is 0 Å². The minimum atomic E-state index is -0.304. The predicted octanol–water partition coefficient (Wildman–Crippen LogP) is 5.34. The molecule has 5 heteroatoms. The van der Waals surface area contributed by atoms with E-state index >= 15 is 0 Å². The average molecular weight is 394 g/mol. The number of hydrogen-bond acceptors (Lipinski definition) is 3. The Labute approximate surface area is 170 Å². The second-order valence-electron chi connectivity index (χ2n) is 8.42. The molecule has 154 valence electrons. The number of benzene rings is 1. The maximum Gasteiger partial charge on any atom is 0.494 e. The van der Waals surface area contributed by atoms with Gasteiger partial charge in [-0.2, -0.15) is 9.90 Å². The fourth-order valence-corrected chi connectivity index (χ4v) is 3.89. The number of rotatable bonds is 5. The summed E-state index contributed by atoms with van der Waals surface area (Å²) in [5.41, 5.74) is 1.77. The number of ether oxygens (including phenoxy) is 1. The molecule has 1 unspecified atom stereocenters. The van der Waals surface area contributed by atoms with Crippen LogP contribution in [0, 0.1) is 0 Å². The van der Waals surface area contributed by atoms with Crippen molar-refractivity contribution in [2.24, 2.45) is 0 Å². The van der Waals surface area contributed by atoms with Crippen LogP contribution in [0.2, 0.25) is 0 Å². The molecule has 1 atom stereocenters. The van der Waals surface area contributed by atoms with E-state index < -0.39 is 0 Å². The van der Waals surface area contributed by atoms with E-state index in [9.17, 15) is 0 Å². The van der Waals surface area contributed by atoms with Gasteiger partial charge in [0.15, 0.2) is 0 Å². The van der Waals surface area contributed by atoms with Gasteiger partial charge in [0.25, 0.3) is 0 Å². The van der Waals surface area contributed by atoms with Crippen molar-refractivity contribution >= 4 is 22.5 Å². The van der Waals surface area contributed by atoms with Crippen molar-refractivity contribution in [1.29, 1.82) is 0 Å². The molecule has 1 aromatic rings. The molecule has 27 heavy (non-hydrogen) atoms. The molecule has 2 heterocycles. The van der Waals surface area contributed by atoms with Gasteiger partial charge >= 0.3 is 7.12 Å². The highest BCUT2D eigenvalue weighted by Gasteiger charge is 2.52. The summed E-state index contributed by atoms with van der Waals surface area (Å²) in [5.74, 6) is 1.04. The Balaban J connectivity index is 0.00000118. The second-order valence-corrected chi connectivity index (χ2v) is 8.42. The highest BCUT2D eigenvalue weighted by Crippen LogP contribution is 2.41. The fourth-order valence-electron chi connectivity index (χ4n) is 3.89. The molecule has 0 amide bonds. The molecule has 0 aromatic heterocycles. The van der Waals surface area contributed by atoms with Gasteiger partial charge in [-0.1, -0.05) is 52.7 Å². The normalized spacial score (nSPS) is 20.8. The molecule has 1 fully saturated rings. The third-order valence-corrected chi connectivity index (χ3v) is 5.86. The van der Waals surface area contributed by atoms with E-state index in [2.05, 4.69) is 59.7 Å². The summed E-state index contributed by atoms with van der Waals surface area (Å²) >= 11 is 0. The van der Waals surface area contributed by atoms with Crippen molar-refractivity contribution in [2.45, 2.75) is 104 Å². The molecule has 1 saturated heterocycles. The van der Waals surface area contributed by atoms with E-state index in [1.165, 1.54) is 5.56 Å². The van der Waals surface area contributed by atoms with Crippen molar-refractivity contribution in [3.05, 3.63) is 23.8 Å². The Kier molecular flexibility index (Phi) is 8.42. The predicted molar refractivity (Wildman–Crippen MR) is 121 cm³/mol. The van der Waals surface area contributed by atoms with Crippen molar-refractivity contribution in [1.82, 2.24) is 0 Å². The first-order chi connectivity index (χ1) is 12.2. The smallest absolute Gasteiger partial charge is 0.487 e. The molecule has 0 aliphatic carbocycles. The molecule has 0 saturated carbocycles. The lowest BCUT2D eigenvalue weighted by atomic mass is 9.77. The second kappa shape index (κ2) is 9.29. The third kappa shape index (κ3) is 4.89. The van der Waals surface area contributed by atoms with E-state index in [1.807, 2.05) is 13.8 Å². The molecular formula is C22H40BO3P. The van der Waals surface area contributed by atoms with E-state index in [1.54, 1.807) is 0 Å². The van der Waals surface area contributed by atoms with E-state index in [4.69, 9.17) is 14.0 Å². The lowest BCUT2D eigenvalue weighted by Gasteiger charge is -2.32. The SMILES string of the molecule is CC.CCCC1(CCC)Cc2cc(B3OC(C)(C)C(C)(C)O3)ccc2O1.P. The van der Waals surface area contributed by atoms with Crippen LogP contribution < -0.4 is 10.2 Å². The summed E-state index contributed by atoms with van der Waals surface area (Å²) in [4.78, 5) is 0. The zero-order valence-corrected chi connectivity index (χ0v) is 20.2. The van der Waals surface area contributed by atoms with Crippen LogP contribution in [0.5, 0.6) is 5.75 Å². The molecular weight excluding hydrogens is 354 g/mol. The van der Waals surface area contributed by atoms with Gasteiger partial charge in [-0.05, 0) is 57.6 Å². The zero-order chi connectivity index (χ0) is 19.6. The third-order valence-electron chi connectivity index (χ3n) is 5.86. The summed E-state index contributed by atoms with van der Waals surface area (Å²) in [6, 6.07) is 6.42. The first-order valence-corrected chi connectivity index (χ1v) is 10.4. The van der Waals surface area contributed by atoms with Gasteiger partial charge in [0, 0.05) is 6.42 Å². The highest BCUT2D eigenvalue weighted by molar-refractivity contribution is 6.92. The topological polar surface area (TPSA) is 27.7 Å². The Morgan fingerprint density at radius 1 is 0.926 bits per heavy atom.